The molecule has 100 valence electrons. The molecule has 1 heterocycles. The molecular weight excluding hydrogens is 270 g/mol. The van der Waals surface area contributed by atoms with E-state index in [2.05, 4.69) is 15.5 Å². The zero-order valence-electron chi connectivity index (χ0n) is 10.6. The van der Waals surface area contributed by atoms with Crippen molar-refractivity contribution in [3.05, 3.63) is 5.01 Å². The molecule has 1 saturated carbocycles. The van der Waals surface area contributed by atoms with Crippen LogP contribution in [0.15, 0.2) is 0 Å². The average Bonchev–Trinajstić information content (AvgIpc) is 2.97. The van der Waals surface area contributed by atoms with Crippen LogP contribution in [0.4, 0.5) is 5.13 Å². The number of aromatic nitrogens is 2. The highest BCUT2D eigenvalue weighted by molar-refractivity contribution is 7.98. The Morgan fingerprint density at radius 3 is 2.89 bits per heavy atom. The molecule has 0 spiro atoms. The van der Waals surface area contributed by atoms with E-state index in [1.165, 1.54) is 7.11 Å². The number of nitrogens with one attached hydrogen (secondary N) is 1. The van der Waals surface area contributed by atoms with Crippen LogP contribution in [-0.4, -0.2) is 36.1 Å². The normalized spacial score (nSPS) is 16.3. The molecule has 0 amide bonds. The summed E-state index contributed by atoms with van der Waals surface area (Å²) in [5.41, 5.74) is 0.189. The van der Waals surface area contributed by atoms with E-state index in [9.17, 15) is 4.79 Å². The first-order valence-electron chi connectivity index (χ1n) is 5.82. The van der Waals surface area contributed by atoms with Crippen LogP contribution in [0.1, 0.15) is 24.3 Å². The predicted octanol–water partition coefficient (Wildman–Crippen LogP) is 2.16. The molecule has 1 aromatic rings. The van der Waals surface area contributed by atoms with E-state index in [0.717, 1.165) is 34.5 Å². The number of thioether (sulfide) groups is 1. The monoisotopic (exact) mass is 287 g/mol. The number of hydrogen-bond acceptors (Lipinski definition) is 7. The van der Waals surface area contributed by atoms with Crippen LogP contribution in [0.5, 0.6) is 0 Å². The summed E-state index contributed by atoms with van der Waals surface area (Å²) in [7, 11) is 3.29. The van der Waals surface area contributed by atoms with Gasteiger partial charge in [0.05, 0.1) is 13.5 Å². The number of ether oxygens (including phenoxy) is 1. The van der Waals surface area contributed by atoms with Gasteiger partial charge in [0.1, 0.15) is 5.01 Å². The quantitative estimate of drug-likeness (QED) is 0.775. The van der Waals surface area contributed by atoms with Crippen LogP contribution in [0.25, 0.3) is 0 Å². The Morgan fingerprint density at radius 2 is 2.33 bits per heavy atom. The van der Waals surface area contributed by atoms with Crippen molar-refractivity contribution in [2.24, 2.45) is 5.41 Å². The number of rotatable bonds is 7. The van der Waals surface area contributed by atoms with Crippen molar-refractivity contribution in [3.63, 3.8) is 0 Å². The first-order valence-corrected chi connectivity index (χ1v) is 7.79. The zero-order valence-corrected chi connectivity index (χ0v) is 12.2. The standard InChI is InChI=1S/C11H17N3O2S2/c1-12-10-14-13-8(18-10)6-17-7-11(3-4-11)5-9(15)16-2/h3-7H2,1-2H3,(H,12,14). The van der Waals surface area contributed by atoms with Crippen LogP contribution >= 0.6 is 23.1 Å². The number of nitrogens with zero attached hydrogens (tertiary/aromatic N) is 2. The van der Waals surface area contributed by atoms with Crippen molar-refractivity contribution in [1.82, 2.24) is 10.2 Å². The molecule has 1 fully saturated rings. The maximum Gasteiger partial charge on any atom is 0.306 e. The van der Waals surface area contributed by atoms with Crippen molar-refractivity contribution in [2.75, 3.05) is 25.2 Å². The minimum absolute atomic E-state index is 0.0958. The van der Waals surface area contributed by atoms with Gasteiger partial charge in [0, 0.05) is 12.8 Å². The molecule has 2 rings (SSSR count). The number of hydrogen-bond donors (Lipinski definition) is 1. The molecule has 1 aromatic heterocycles. The molecule has 0 bridgehead atoms. The predicted molar refractivity (Wildman–Crippen MR) is 73.9 cm³/mol. The molecule has 1 aliphatic carbocycles. The second-order valence-electron chi connectivity index (χ2n) is 4.50. The van der Waals surface area contributed by atoms with Gasteiger partial charge in [0.25, 0.3) is 0 Å². The number of carbonyl (C=O) groups excluding carboxylic acids is 1. The third-order valence-electron chi connectivity index (χ3n) is 3.02. The smallest absolute Gasteiger partial charge is 0.306 e. The summed E-state index contributed by atoms with van der Waals surface area (Å²) in [6, 6.07) is 0. The molecule has 1 aliphatic rings. The van der Waals surface area contributed by atoms with Gasteiger partial charge in [-0.05, 0) is 24.0 Å². The Bertz CT molecular complexity index is 418. The lowest BCUT2D eigenvalue weighted by Gasteiger charge is -2.12. The molecule has 7 heteroatoms. The van der Waals surface area contributed by atoms with E-state index in [0.29, 0.717) is 6.42 Å². The highest BCUT2D eigenvalue weighted by Gasteiger charge is 2.44. The first kappa shape index (κ1) is 13.6. The topological polar surface area (TPSA) is 64.1 Å². The fourth-order valence-electron chi connectivity index (χ4n) is 1.70. The zero-order chi connectivity index (χ0) is 13.0. The van der Waals surface area contributed by atoms with E-state index in [4.69, 9.17) is 4.74 Å². The van der Waals surface area contributed by atoms with Crippen LogP contribution in [0, 0.1) is 5.41 Å². The maximum absolute atomic E-state index is 11.3. The average molecular weight is 287 g/mol. The minimum atomic E-state index is -0.0958. The summed E-state index contributed by atoms with van der Waals surface area (Å²) < 4.78 is 4.73. The summed E-state index contributed by atoms with van der Waals surface area (Å²) in [4.78, 5) is 11.3. The van der Waals surface area contributed by atoms with Gasteiger partial charge in [-0.2, -0.15) is 11.8 Å². The fourth-order valence-corrected chi connectivity index (χ4v) is 3.83. The van der Waals surface area contributed by atoms with Gasteiger partial charge < -0.3 is 10.1 Å². The van der Waals surface area contributed by atoms with E-state index in [1.807, 2.05) is 18.8 Å². The summed E-state index contributed by atoms with van der Waals surface area (Å²) in [6.07, 6.45) is 2.81. The Labute approximate surface area is 115 Å². The number of methoxy groups -OCH3 is 1. The lowest BCUT2D eigenvalue weighted by Crippen LogP contribution is -2.13. The maximum atomic E-state index is 11.3. The van der Waals surface area contributed by atoms with Crippen LogP contribution in [0.2, 0.25) is 0 Å². The highest BCUT2D eigenvalue weighted by atomic mass is 32.2. The van der Waals surface area contributed by atoms with Gasteiger partial charge in [-0.15, -0.1) is 10.2 Å². The van der Waals surface area contributed by atoms with E-state index in [1.54, 1.807) is 11.3 Å². The van der Waals surface area contributed by atoms with Crippen LogP contribution < -0.4 is 5.32 Å². The van der Waals surface area contributed by atoms with Gasteiger partial charge in [-0.3, -0.25) is 4.79 Å². The van der Waals surface area contributed by atoms with Crippen LogP contribution in [-0.2, 0) is 15.3 Å². The molecule has 0 saturated heterocycles. The molecule has 5 nitrogen and oxygen atoms in total. The fraction of sp³-hybridized carbons (Fsp3) is 0.727. The van der Waals surface area contributed by atoms with E-state index < -0.39 is 0 Å². The van der Waals surface area contributed by atoms with Crippen molar-refractivity contribution in [3.8, 4) is 0 Å². The van der Waals surface area contributed by atoms with Crippen LogP contribution in [0.3, 0.4) is 0 Å². The molecule has 18 heavy (non-hydrogen) atoms. The summed E-state index contributed by atoms with van der Waals surface area (Å²) >= 11 is 3.40. The second kappa shape index (κ2) is 5.88. The number of esters is 1. The molecule has 0 radical (unpaired) electrons. The van der Waals surface area contributed by atoms with Crippen molar-refractivity contribution < 1.29 is 9.53 Å². The lowest BCUT2D eigenvalue weighted by molar-refractivity contribution is -0.141. The molecule has 0 atom stereocenters. The third kappa shape index (κ3) is 3.58. The molecule has 0 aliphatic heterocycles. The minimum Gasteiger partial charge on any atom is -0.469 e. The summed E-state index contributed by atoms with van der Waals surface area (Å²) in [5.74, 6) is 1.76. The number of carbonyl (C=O) groups is 1. The third-order valence-corrected chi connectivity index (χ3v) is 5.44. The SMILES string of the molecule is CNc1nnc(CSCC2(CC(=O)OC)CC2)s1. The molecule has 1 N–H and O–H groups in total. The van der Waals surface area contributed by atoms with E-state index >= 15 is 0 Å². The Balaban J connectivity index is 1.73. The van der Waals surface area contributed by atoms with E-state index in [-0.39, 0.29) is 11.4 Å². The van der Waals surface area contributed by atoms with Crippen molar-refractivity contribution >= 4 is 34.2 Å². The Morgan fingerprint density at radius 1 is 1.56 bits per heavy atom. The Hall–Kier alpha value is -0.820. The molecule has 0 aromatic carbocycles. The first-order chi connectivity index (χ1) is 8.67. The highest BCUT2D eigenvalue weighted by Crippen LogP contribution is 2.51. The van der Waals surface area contributed by atoms with Gasteiger partial charge in [0.2, 0.25) is 5.13 Å². The largest absolute Gasteiger partial charge is 0.469 e. The molecular formula is C11H17N3O2S2. The number of anilines is 1. The summed E-state index contributed by atoms with van der Waals surface area (Å²) in [6.45, 7) is 0. The van der Waals surface area contributed by atoms with Gasteiger partial charge in [-0.25, -0.2) is 0 Å². The Kier molecular flexibility index (Phi) is 4.45. The summed E-state index contributed by atoms with van der Waals surface area (Å²) in [5, 5.41) is 12.9. The lowest BCUT2D eigenvalue weighted by atomic mass is 10.1. The van der Waals surface area contributed by atoms with Crippen molar-refractivity contribution in [1.29, 1.82) is 0 Å². The van der Waals surface area contributed by atoms with Gasteiger partial charge in [-0.1, -0.05) is 11.3 Å². The van der Waals surface area contributed by atoms with Gasteiger partial charge >= 0.3 is 5.97 Å². The van der Waals surface area contributed by atoms with Gasteiger partial charge in [0.15, 0.2) is 0 Å². The second-order valence-corrected chi connectivity index (χ2v) is 6.54. The van der Waals surface area contributed by atoms with Crippen molar-refractivity contribution in [2.45, 2.75) is 25.0 Å². The molecule has 0 unspecified atom stereocenters.